The number of azo groups is 1. The predicted octanol–water partition coefficient (Wildman–Crippen LogP) is 10.5. The fraction of sp³-hybridized carbons (Fsp3) is 0.0476. The van der Waals surface area contributed by atoms with Crippen LogP contribution in [0.4, 0.5) is 11.4 Å². The third-order valence-corrected chi connectivity index (χ3v) is 10.2. The summed E-state index contributed by atoms with van der Waals surface area (Å²) in [6.45, 7) is 0. The summed E-state index contributed by atoms with van der Waals surface area (Å²) in [7, 11) is 0. The van der Waals surface area contributed by atoms with Gasteiger partial charge in [-0.2, -0.15) is 0 Å². The van der Waals surface area contributed by atoms with Gasteiger partial charge in [0, 0.05) is 17.7 Å². The lowest BCUT2D eigenvalue weighted by Crippen LogP contribution is -2.45. The molecule has 0 saturated carbocycles. The molecule has 0 bridgehead atoms. The molecule has 230 valence electrons. The van der Waals surface area contributed by atoms with E-state index in [1.54, 1.807) is 4.81 Å². The molecule has 5 nitrogen and oxygen atoms in total. The topological polar surface area (TPSA) is 58.9 Å². The Morgan fingerprint density at radius 1 is 0.562 bits per heavy atom. The van der Waals surface area contributed by atoms with E-state index in [1.165, 1.54) is 11.8 Å². The number of Topliss-reactive ketones (excluding diaryl/α,β-unsaturated/α-hetero) is 1. The Balaban J connectivity index is 1.42. The van der Waals surface area contributed by atoms with Crippen LogP contribution in [0.3, 0.4) is 0 Å². The molecule has 48 heavy (non-hydrogen) atoms. The van der Waals surface area contributed by atoms with Gasteiger partial charge in [-0.25, -0.2) is 0 Å². The van der Waals surface area contributed by atoms with Gasteiger partial charge in [0.15, 0.2) is 5.78 Å². The van der Waals surface area contributed by atoms with Crippen molar-refractivity contribution in [3.63, 3.8) is 0 Å². The van der Waals surface area contributed by atoms with Gasteiger partial charge in [-0.3, -0.25) is 4.79 Å². The summed E-state index contributed by atoms with van der Waals surface area (Å²) in [5.41, 5.74) is 10.5. The summed E-state index contributed by atoms with van der Waals surface area (Å²) in [6.07, 6.45) is 0. The average molecular weight is 639 g/mol. The number of carbonyl (C=O) groups excluding carboxylic acids is 1. The van der Waals surface area contributed by atoms with Crippen LogP contribution in [0.25, 0.3) is 16.6 Å². The molecule has 0 amide bonds. The lowest BCUT2D eigenvalue weighted by Gasteiger charge is -2.42. The van der Waals surface area contributed by atoms with Crippen molar-refractivity contribution in [3.8, 4) is 0 Å². The quantitative estimate of drug-likeness (QED) is 0.0992. The van der Waals surface area contributed by atoms with Crippen LogP contribution < -0.4 is 0 Å². The van der Waals surface area contributed by atoms with E-state index < -0.39 is 10.3 Å². The van der Waals surface area contributed by atoms with Gasteiger partial charge in [0.05, 0.1) is 10.4 Å². The minimum atomic E-state index is -1.36. The maximum absolute atomic E-state index is 15.6. The van der Waals surface area contributed by atoms with Gasteiger partial charge in [-0.15, -0.1) is 5.11 Å². The lowest BCUT2D eigenvalue weighted by molar-refractivity contribution is -0.447. The molecule has 2 atom stereocenters. The first-order chi connectivity index (χ1) is 23.7. The van der Waals surface area contributed by atoms with E-state index in [2.05, 4.69) is 24.3 Å². The van der Waals surface area contributed by atoms with E-state index in [4.69, 9.17) is 15.5 Å². The number of rotatable bonds is 7. The zero-order chi connectivity index (χ0) is 32.4. The SMILES string of the molecule is O=C1C(c2ccccc2)=C(c2ccccc2)C2(c3ccccc3)SC([N-][N+](=Nc3ccccc3)c3ccccc3)=NC12c1ccccc1. The van der Waals surface area contributed by atoms with Crippen molar-refractivity contribution in [3.05, 3.63) is 210 Å². The number of carbonyl (C=O) groups is 1. The maximum atomic E-state index is 15.6. The number of hydrogen-bond donors (Lipinski definition) is 0. The molecule has 1 aliphatic heterocycles. The Morgan fingerprint density at radius 3 is 1.62 bits per heavy atom. The number of para-hydroxylation sites is 1. The molecule has 0 fully saturated rings. The molecule has 6 heteroatoms. The Bertz CT molecular complexity index is 2170. The van der Waals surface area contributed by atoms with Gasteiger partial charge in [-0.1, -0.05) is 180 Å². The van der Waals surface area contributed by atoms with Gasteiger partial charge in [0.2, 0.25) is 5.69 Å². The number of fused-ring (bicyclic) bond motifs is 1. The third-order valence-electron chi connectivity index (χ3n) is 8.81. The van der Waals surface area contributed by atoms with Crippen LogP contribution in [-0.4, -0.2) is 15.8 Å². The largest absolute Gasteiger partial charge is 0.364 e. The summed E-state index contributed by atoms with van der Waals surface area (Å²) in [5, 5.41) is 5.37. The Hall–Kier alpha value is -5.85. The molecule has 8 rings (SSSR count). The molecule has 0 saturated heterocycles. The van der Waals surface area contributed by atoms with E-state index in [9.17, 15) is 0 Å². The van der Waals surface area contributed by atoms with Crippen molar-refractivity contribution in [2.75, 3.05) is 0 Å². The van der Waals surface area contributed by atoms with E-state index in [1.807, 2.05) is 158 Å². The Morgan fingerprint density at radius 2 is 1.04 bits per heavy atom. The molecule has 0 spiro atoms. The van der Waals surface area contributed by atoms with Gasteiger partial charge in [0.1, 0.15) is 10.7 Å². The molecule has 2 unspecified atom stereocenters. The lowest BCUT2D eigenvalue weighted by atomic mass is 9.72. The van der Waals surface area contributed by atoms with Crippen molar-refractivity contribution in [1.29, 1.82) is 0 Å². The molecule has 0 aromatic heterocycles. The summed E-state index contributed by atoms with van der Waals surface area (Å²) in [4.78, 5) is 22.7. The van der Waals surface area contributed by atoms with Gasteiger partial charge < -0.3 is 4.99 Å². The molecule has 1 aliphatic carbocycles. The van der Waals surface area contributed by atoms with Crippen LogP contribution in [-0.2, 0) is 15.1 Å². The molecule has 1 heterocycles. The second-order valence-electron chi connectivity index (χ2n) is 11.6. The van der Waals surface area contributed by atoms with Crippen molar-refractivity contribution < 1.29 is 9.60 Å². The molecular weight excluding hydrogens is 609 g/mol. The van der Waals surface area contributed by atoms with Crippen LogP contribution >= 0.6 is 11.8 Å². The number of thioether (sulfide) groups is 1. The zero-order valence-electron chi connectivity index (χ0n) is 25.9. The monoisotopic (exact) mass is 638 g/mol. The van der Waals surface area contributed by atoms with E-state index >= 15 is 4.79 Å². The standard InChI is InChI=1S/C42H30N4OS/c47-39-37(31-19-7-1-8-20-31)38(32-21-9-2-10-22-32)42(34-25-13-4-14-26-34)41(39,33-23-11-3-12-24-33)43-40(48-42)45-46(36-29-17-6-18-30-36)44-35-27-15-5-16-28-35/h1-30H. The Labute approximate surface area is 284 Å². The van der Waals surface area contributed by atoms with Crippen LogP contribution in [0.5, 0.6) is 0 Å². The second-order valence-corrected chi connectivity index (χ2v) is 12.8. The summed E-state index contributed by atoms with van der Waals surface area (Å²) < 4.78 is -0.993. The van der Waals surface area contributed by atoms with Crippen LogP contribution in [0.2, 0.25) is 0 Å². The number of amidine groups is 1. The predicted molar refractivity (Wildman–Crippen MR) is 194 cm³/mol. The first-order valence-corrected chi connectivity index (χ1v) is 16.7. The summed E-state index contributed by atoms with van der Waals surface area (Å²) in [5.74, 6) is -0.0634. The van der Waals surface area contributed by atoms with Crippen molar-refractivity contribution in [2.24, 2.45) is 10.1 Å². The van der Waals surface area contributed by atoms with Crippen molar-refractivity contribution in [2.45, 2.75) is 10.3 Å². The second kappa shape index (κ2) is 12.4. The first-order valence-electron chi connectivity index (χ1n) is 15.8. The highest BCUT2D eigenvalue weighted by atomic mass is 32.2. The van der Waals surface area contributed by atoms with Crippen LogP contribution in [0.15, 0.2) is 192 Å². The van der Waals surface area contributed by atoms with Gasteiger partial charge >= 0.3 is 0 Å². The molecule has 0 radical (unpaired) electrons. The number of aliphatic imine (C=N–C) groups is 1. The van der Waals surface area contributed by atoms with Gasteiger partial charge in [0.25, 0.3) is 0 Å². The smallest absolute Gasteiger partial charge is 0.239 e. The minimum Gasteiger partial charge on any atom is -0.364 e. The molecule has 2 aliphatic rings. The fourth-order valence-corrected chi connectivity index (χ4v) is 8.35. The summed E-state index contributed by atoms with van der Waals surface area (Å²) in [6, 6.07) is 60.0. The zero-order valence-corrected chi connectivity index (χ0v) is 26.7. The molecular formula is C42H30N4OS. The third kappa shape index (κ3) is 4.81. The molecule has 6 aromatic carbocycles. The molecule has 6 aromatic rings. The highest BCUT2D eigenvalue weighted by Gasteiger charge is 2.68. The highest BCUT2D eigenvalue weighted by Crippen LogP contribution is 2.70. The average Bonchev–Trinajstić information content (AvgIpc) is 3.61. The first kappa shape index (κ1) is 29.5. The van der Waals surface area contributed by atoms with Gasteiger partial charge in [-0.05, 0) is 40.0 Å². The van der Waals surface area contributed by atoms with E-state index in [0.717, 1.165) is 39.2 Å². The summed E-state index contributed by atoms with van der Waals surface area (Å²) >= 11 is 1.52. The van der Waals surface area contributed by atoms with E-state index in [-0.39, 0.29) is 5.78 Å². The van der Waals surface area contributed by atoms with Crippen LogP contribution in [0.1, 0.15) is 22.3 Å². The number of hydrogen-bond acceptors (Lipinski definition) is 4. The molecule has 0 N–H and O–H groups in total. The minimum absolute atomic E-state index is 0.0634. The fourth-order valence-electron chi connectivity index (χ4n) is 6.79. The van der Waals surface area contributed by atoms with Crippen LogP contribution in [0, 0.1) is 0 Å². The maximum Gasteiger partial charge on any atom is 0.239 e. The number of nitrogens with zero attached hydrogens (tertiary/aromatic N) is 4. The van der Waals surface area contributed by atoms with Crippen molar-refractivity contribution >= 4 is 45.2 Å². The normalized spacial score (nSPS) is 20.4. The number of ketones is 1. The van der Waals surface area contributed by atoms with E-state index in [0.29, 0.717) is 10.7 Å². The highest BCUT2D eigenvalue weighted by molar-refractivity contribution is 8.15. The Kier molecular flexibility index (Phi) is 7.63. The van der Waals surface area contributed by atoms with Crippen molar-refractivity contribution in [1.82, 2.24) is 0 Å². The number of benzene rings is 6.